The van der Waals surface area contributed by atoms with E-state index in [0.717, 1.165) is 6.42 Å². The molecular weight excluding hydrogens is 196 g/mol. The number of hydrogen-bond donors (Lipinski definition) is 4. The van der Waals surface area contributed by atoms with Crippen LogP contribution in [0.3, 0.4) is 0 Å². The van der Waals surface area contributed by atoms with Gasteiger partial charge in [-0.2, -0.15) is 0 Å². The van der Waals surface area contributed by atoms with Crippen LogP contribution in [0.4, 0.5) is 0 Å². The van der Waals surface area contributed by atoms with Crippen LogP contribution in [0.5, 0.6) is 0 Å². The molecule has 4 N–H and O–H groups in total. The summed E-state index contributed by atoms with van der Waals surface area (Å²) in [5, 5.41) is 33.7. The van der Waals surface area contributed by atoms with Crippen molar-refractivity contribution >= 4 is 0 Å². The molecule has 15 heavy (non-hydrogen) atoms. The fourth-order valence-electron chi connectivity index (χ4n) is 0.577. The molecule has 0 fully saturated rings. The second-order valence-corrected chi connectivity index (χ2v) is 4.71. The number of hydrogen-bond acceptors (Lipinski definition) is 4. The Morgan fingerprint density at radius 1 is 1.07 bits per heavy atom. The maximum absolute atomic E-state index is 8.43. The van der Waals surface area contributed by atoms with Gasteiger partial charge in [-0.1, -0.05) is 34.1 Å². The minimum atomic E-state index is -1.12. The lowest BCUT2D eigenvalue weighted by atomic mass is 9.97. The van der Waals surface area contributed by atoms with Gasteiger partial charge in [-0.3, -0.25) is 0 Å². The average Bonchev–Trinajstić information content (AvgIpc) is 2.18. The fraction of sp³-hybridized carbons (Fsp3) is 1.00. The molecule has 94 valence electrons. The Balaban J connectivity index is 0. The summed E-state index contributed by atoms with van der Waals surface area (Å²) in [6.07, 6.45) is 0.388. The van der Waals surface area contributed by atoms with E-state index in [1.165, 1.54) is 0 Å². The molecule has 4 heteroatoms. The first kappa shape index (κ1) is 17.2. The third kappa shape index (κ3) is 13.8. The Morgan fingerprint density at radius 3 is 1.53 bits per heavy atom. The number of rotatable bonds is 5. The zero-order valence-electron chi connectivity index (χ0n) is 10.3. The maximum atomic E-state index is 8.43. The quantitative estimate of drug-likeness (QED) is 0.517. The predicted octanol–water partition coefficient (Wildman–Crippen LogP) is 0.730. The summed E-state index contributed by atoms with van der Waals surface area (Å²) < 4.78 is 0. The third-order valence-electron chi connectivity index (χ3n) is 2.17. The lowest BCUT2D eigenvalue weighted by Gasteiger charge is -2.16. The van der Waals surface area contributed by atoms with Crippen molar-refractivity contribution in [2.24, 2.45) is 11.3 Å². The molecule has 0 amide bonds. The minimum absolute atomic E-state index is 0.0451. The highest BCUT2D eigenvalue weighted by molar-refractivity contribution is 4.62. The molecular formula is C11H26O4. The molecule has 0 aliphatic rings. The van der Waals surface area contributed by atoms with Crippen molar-refractivity contribution in [2.45, 2.75) is 46.8 Å². The smallest absolute Gasteiger partial charge is 0.151 e. The molecule has 0 rings (SSSR count). The highest BCUT2D eigenvalue weighted by Gasteiger charge is 2.13. The first-order chi connectivity index (χ1) is 6.79. The molecule has 0 aromatic carbocycles. The molecule has 0 aliphatic carbocycles. The van der Waals surface area contributed by atoms with Crippen molar-refractivity contribution < 1.29 is 20.4 Å². The van der Waals surface area contributed by atoms with Crippen LogP contribution in [0.1, 0.15) is 40.5 Å². The van der Waals surface area contributed by atoms with Gasteiger partial charge < -0.3 is 20.4 Å². The number of aliphatic hydroxyl groups is 4. The van der Waals surface area contributed by atoms with Gasteiger partial charge in [0, 0.05) is 11.8 Å². The molecule has 1 unspecified atom stereocenters. The second-order valence-electron chi connectivity index (χ2n) is 4.71. The topological polar surface area (TPSA) is 80.9 Å². The van der Waals surface area contributed by atoms with E-state index in [-0.39, 0.29) is 18.6 Å². The van der Waals surface area contributed by atoms with Gasteiger partial charge in [0.25, 0.3) is 0 Å². The normalized spacial score (nSPS) is 13.4. The van der Waals surface area contributed by atoms with E-state index in [4.69, 9.17) is 20.4 Å². The van der Waals surface area contributed by atoms with Crippen LogP contribution in [0, 0.1) is 11.3 Å². The van der Waals surface area contributed by atoms with Crippen LogP contribution in [0.15, 0.2) is 0 Å². The van der Waals surface area contributed by atoms with E-state index in [1.807, 2.05) is 13.8 Å². The summed E-state index contributed by atoms with van der Waals surface area (Å²) in [7, 11) is 0. The van der Waals surface area contributed by atoms with E-state index in [9.17, 15) is 0 Å². The van der Waals surface area contributed by atoms with E-state index in [1.54, 1.807) is 13.8 Å². The summed E-state index contributed by atoms with van der Waals surface area (Å²) in [6.45, 7) is 7.72. The van der Waals surface area contributed by atoms with E-state index >= 15 is 0 Å². The van der Waals surface area contributed by atoms with Gasteiger partial charge in [-0.25, -0.2) is 0 Å². The molecule has 4 nitrogen and oxygen atoms in total. The molecule has 0 saturated carbocycles. The Bertz CT molecular complexity index is 129. The molecule has 0 aromatic heterocycles. The van der Waals surface area contributed by atoms with Crippen LogP contribution < -0.4 is 0 Å². The largest absolute Gasteiger partial charge is 0.396 e. The molecule has 0 aliphatic heterocycles. The molecule has 0 bridgehead atoms. The van der Waals surface area contributed by atoms with Crippen molar-refractivity contribution in [1.82, 2.24) is 0 Å². The first-order valence-electron chi connectivity index (χ1n) is 5.37. The SMILES string of the molecule is CC(C)(CO)CO.CCC(C)CC(O)O. The van der Waals surface area contributed by atoms with Gasteiger partial charge in [0.2, 0.25) is 0 Å². The number of aliphatic hydroxyl groups excluding tert-OH is 3. The van der Waals surface area contributed by atoms with Gasteiger partial charge in [-0.05, 0) is 5.92 Å². The van der Waals surface area contributed by atoms with Crippen LogP contribution in [-0.2, 0) is 0 Å². The Hall–Kier alpha value is -0.160. The lowest BCUT2D eigenvalue weighted by molar-refractivity contribution is -0.0547. The van der Waals surface area contributed by atoms with Crippen LogP contribution in [0.25, 0.3) is 0 Å². The Kier molecular flexibility index (Phi) is 10.5. The fourth-order valence-corrected chi connectivity index (χ4v) is 0.577. The van der Waals surface area contributed by atoms with Crippen LogP contribution >= 0.6 is 0 Å². The lowest BCUT2D eigenvalue weighted by Crippen LogP contribution is -2.20. The van der Waals surface area contributed by atoms with Crippen molar-refractivity contribution in [3.05, 3.63) is 0 Å². The minimum Gasteiger partial charge on any atom is -0.396 e. The van der Waals surface area contributed by atoms with Crippen LogP contribution in [-0.4, -0.2) is 39.9 Å². The van der Waals surface area contributed by atoms with Gasteiger partial charge in [0.1, 0.15) is 0 Å². The summed E-state index contributed by atoms with van der Waals surface area (Å²) in [6, 6.07) is 0. The summed E-state index contributed by atoms with van der Waals surface area (Å²) >= 11 is 0. The first-order valence-corrected chi connectivity index (χ1v) is 5.37. The zero-order chi connectivity index (χ0) is 12.5. The van der Waals surface area contributed by atoms with Crippen LogP contribution in [0.2, 0.25) is 0 Å². The molecule has 1 atom stereocenters. The Morgan fingerprint density at radius 2 is 1.47 bits per heavy atom. The van der Waals surface area contributed by atoms with Crippen molar-refractivity contribution in [2.75, 3.05) is 13.2 Å². The second kappa shape index (κ2) is 9.09. The van der Waals surface area contributed by atoms with E-state index < -0.39 is 6.29 Å². The van der Waals surface area contributed by atoms with Crippen molar-refractivity contribution in [3.63, 3.8) is 0 Å². The molecule has 0 heterocycles. The Labute approximate surface area is 92.6 Å². The third-order valence-corrected chi connectivity index (χ3v) is 2.17. The summed E-state index contributed by atoms with van der Waals surface area (Å²) in [5.41, 5.74) is -0.306. The van der Waals surface area contributed by atoms with Crippen molar-refractivity contribution in [1.29, 1.82) is 0 Å². The van der Waals surface area contributed by atoms with Gasteiger partial charge >= 0.3 is 0 Å². The highest BCUT2D eigenvalue weighted by atomic mass is 16.5. The summed E-state index contributed by atoms with van der Waals surface area (Å²) in [5.74, 6) is 0.426. The average molecular weight is 222 g/mol. The molecule has 0 spiro atoms. The molecule has 0 radical (unpaired) electrons. The molecule has 0 aromatic rings. The maximum Gasteiger partial charge on any atom is 0.151 e. The molecule has 0 saturated heterocycles. The monoisotopic (exact) mass is 222 g/mol. The standard InChI is InChI=1S/C6H14O2.C5H12O2/c1-3-5(2)4-6(7)8;1-5(2,3-6)4-7/h5-8H,3-4H2,1-2H3;6-7H,3-4H2,1-2H3. The van der Waals surface area contributed by atoms with Gasteiger partial charge in [0.05, 0.1) is 13.2 Å². The highest BCUT2D eigenvalue weighted by Crippen LogP contribution is 2.10. The predicted molar refractivity (Wildman–Crippen MR) is 60.3 cm³/mol. The summed E-state index contributed by atoms with van der Waals surface area (Å²) in [4.78, 5) is 0. The van der Waals surface area contributed by atoms with Crippen molar-refractivity contribution in [3.8, 4) is 0 Å². The van der Waals surface area contributed by atoms with Gasteiger partial charge in [-0.15, -0.1) is 0 Å². The van der Waals surface area contributed by atoms with E-state index in [2.05, 4.69) is 0 Å². The zero-order valence-corrected chi connectivity index (χ0v) is 10.3. The van der Waals surface area contributed by atoms with Gasteiger partial charge in [0.15, 0.2) is 6.29 Å². The van der Waals surface area contributed by atoms with E-state index in [0.29, 0.717) is 12.3 Å².